The first-order chi connectivity index (χ1) is 17.4. The summed E-state index contributed by atoms with van der Waals surface area (Å²) < 4.78 is 16.5. The molecule has 3 aliphatic rings. The lowest BCUT2D eigenvalue weighted by Gasteiger charge is -2.36. The highest BCUT2D eigenvalue weighted by atomic mass is 32.1. The lowest BCUT2D eigenvalue weighted by Crippen LogP contribution is -2.36. The number of hydrogen-bond acceptors (Lipinski definition) is 8. The average molecular weight is 508 g/mol. The molecular formula is C28H29NO6S. The third-order valence-corrected chi connectivity index (χ3v) is 7.93. The molecule has 1 saturated heterocycles. The Kier molecular flexibility index (Phi) is 7.07. The van der Waals surface area contributed by atoms with Gasteiger partial charge in [-0.1, -0.05) is 18.2 Å². The van der Waals surface area contributed by atoms with Crippen molar-refractivity contribution < 1.29 is 28.6 Å². The monoisotopic (exact) mass is 507 g/mol. The third-order valence-electron chi connectivity index (χ3n) is 6.89. The maximum atomic E-state index is 13.6. The van der Waals surface area contributed by atoms with E-state index in [-0.39, 0.29) is 24.4 Å². The lowest BCUT2D eigenvalue weighted by molar-refractivity contribution is -0.142. The van der Waals surface area contributed by atoms with Crippen molar-refractivity contribution in [3.05, 3.63) is 74.8 Å². The van der Waals surface area contributed by atoms with E-state index in [0.717, 1.165) is 24.1 Å². The number of carbonyl (C=O) groups is 3. The van der Waals surface area contributed by atoms with Crippen LogP contribution in [0.15, 0.2) is 64.3 Å². The quantitative estimate of drug-likeness (QED) is 0.445. The van der Waals surface area contributed by atoms with E-state index >= 15 is 0 Å². The fourth-order valence-corrected chi connectivity index (χ4v) is 6.11. The van der Waals surface area contributed by atoms with Crippen LogP contribution >= 0.6 is 11.3 Å². The number of carbonyl (C=O) groups excluding carboxylic acids is 3. The van der Waals surface area contributed by atoms with Crippen molar-refractivity contribution in [2.45, 2.75) is 57.5 Å². The Balaban J connectivity index is 1.49. The summed E-state index contributed by atoms with van der Waals surface area (Å²) in [5, 5.41) is 5.41. The predicted octanol–water partition coefficient (Wildman–Crippen LogP) is 4.76. The van der Waals surface area contributed by atoms with E-state index in [1.54, 1.807) is 35.6 Å². The zero-order valence-corrected chi connectivity index (χ0v) is 21.2. The van der Waals surface area contributed by atoms with Gasteiger partial charge in [0.25, 0.3) is 0 Å². The minimum Gasteiger partial charge on any atom is -0.459 e. The molecule has 1 aromatic carbocycles. The summed E-state index contributed by atoms with van der Waals surface area (Å²) in [5.74, 6) is -0.897. The summed E-state index contributed by atoms with van der Waals surface area (Å²) in [6.07, 6.45) is 2.81. The van der Waals surface area contributed by atoms with Gasteiger partial charge in [0.2, 0.25) is 0 Å². The van der Waals surface area contributed by atoms with E-state index in [0.29, 0.717) is 42.0 Å². The van der Waals surface area contributed by atoms with Crippen LogP contribution in [0, 0.1) is 0 Å². The molecule has 0 radical (unpaired) electrons. The molecule has 3 atom stereocenters. The molecule has 1 aliphatic carbocycles. The van der Waals surface area contributed by atoms with Gasteiger partial charge in [-0.25, -0.2) is 4.79 Å². The molecule has 0 unspecified atom stereocenters. The number of Topliss-reactive ketones (excluding diaryl/α,β-unsaturated/α-hetero) is 1. The molecule has 188 valence electrons. The second kappa shape index (κ2) is 10.4. The maximum absolute atomic E-state index is 13.6. The molecule has 36 heavy (non-hydrogen) atoms. The van der Waals surface area contributed by atoms with Crippen LogP contribution in [0.3, 0.4) is 0 Å². The van der Waals surface area contributed by atoms with Crippen molar-refractivity contribution in [2.24, 2.45) is 0 Å². The molecule has 5 rings (SSSR count). The highest BCUT2D eigenvalue weighted by molar-refractivity contribution is 7.10. The van der Waals surface area contributed by atoms with Crippen molar-refractivity contribution >= 4 is 29.1 Å². The van der Waals surface area contributed by atoms with Gasteiger partial charge in [-0.3, -0.25) is 9.59 Å². The molecule has 8 heteroatoms. The molecule has 7 nitrogen and oxygen atoms in total. The molecule has 0 amide bonds. The van der Waals surface area contributed by atoms with Crippen molar-refractivity contribution in [1.29, 1.82) is 0 Å². The number of thiophene rings is 1. The highest BCUT2D eigenvalue weighted by Gasteiger charge is 2.41. The molecule has 2 aliphatic heterocycles. The Hall–Kier alpha value is -3.23. The number of esters is 2. The number of hydrogen-bond donors (Lipinski definition) is 1. The molecular weight excluding hydrogens is 478 g/mol. The van der Waals surface area contributed by atoms with Gasteiger partial charge in [-0.15, -0.1) is 11.3 Å². The number of ketones is 1. The fraction of sp³-hybridized carbons (Fsp3) is 0.393. The van der Waals surface area contributed by atoms with Crippen molar-refractivity contribution in [2.75, 3.05) is 13.2 Å². The van der Waals surface area contributed by atoms with Gasteiger partial charge in [-0.05, 0) is 55.3 Å². The van der Waals surface area contributed by atoms with Crippen LogP contribution in [0.5, 0.6) is 5.75 Å². The zero-order chi connectivity index (χ0) is 25.2. The maximum Gasteiger partial charge on any atom is 0.336 e. The molecule has 1 aromatic heterocycles. The molecule has 1 fully saturated rings. The summed E-state index contributed by atoms with van der Waals surface area (Å²) in [6, 6.07) is 11.1. The molecule has 0 spiro atoms. The Morgan fingerprint density at radius 2 is 1.97 bits per heavy atom. The van der Waals surface area contributed by atoms with E-state index in [1.807, 2.05) is 18.4 Å². The first-order valence-electron chi connectivity index (χ1n) is 12.2. The molecule has 0 bridgehead atoms. The zero-order valence-electron chi connectivity index (χ0n) is 20.4. The second-order valence-corrected chi connectivity index (χ2v) is 10.4. The van der Waals surface area contributed by atoms with Crippen LogP contribution in [0.2, 0.25) is 0 Å². The molecule has 2 aromatic rings. The Morgan fingerprint density at radius 1 is 1.17 bits per heavy atom. The van der Waals surface area contributed by atoms with Gasteiger partial charge in [-0.2, -0.15) is 0 Å². The van der Waals surface area contributed by atoms with Crippen LogP contribution in [0.25, 0.3) is 0 Å². The standard InChI is InChI=1S/C28H29NO6S/c1-16-25(28(32)34-15-21-5-3-11-33-21)26(18-7-9-20(10-8-18)35-17(2)30)27-22(29-16)13-19(14-23(27)31)24-6-4-12-36-24/h4,6-10,12,19,21,26,29H,3,5,11,13-15H2,1-2H3/t19-,21+,26+/m0/s1. The first kappa shape index (κ1) is 24.5. The van der Waals surface area contributed by atoms with Crippen LogP contribution < -0.4 is 10.1 Å². The highest BCUT2D eigenvalue weighted by Crippen LogP contribution is 2.46. The van der Waals surface area contributed by atoms with Crippen molar-refractivity contribution in [3.8, 4) is 5.75 Å². The SMILES string of the molecule is CC(=O)Oc1ccc([C@@H]2C(C(=O)OC[C@H]3CCCO3)=C(C)NC3=C2C(=O)C[C@@H](c2cccs2)C3)cc1. The first-order valence-corrected chi connectivity index (χ1v) is 13.1. The third kappa shape index (κ3) is 5.01. The Labute approximate surface area is 214 Å². The molecule has 0 saturated carbocycles. The van der Waals surface area contributed by atoms with E-state index in [1.165, 1.54) is 11.8 Å². The molecule has 3 heterocycles. The van der Waals surface area contributed by atoms with Crippen LogP contribution in [-0.2, 0) is 23.9 Å². The van der Waals surface area contributed by atoms with Crippen LogP contribution in [0.4, 0.5) is 0 Å². The van der Waals surface area contributed by atoms with E-state index in [4.69, 9.17) is 14.2 Å². The van der Waals surface area contributed by atoms with Crippen LogP contribution in [0.1, 0.15) is 61.8 Å². The number of nitrogens with one attached hydrogen (secondary N) is 1. The summed E-state index contributed by atoms with van der Waals surface area (Å²) in [5.41, 5.74) is 3.34. The minimum atomic E-state index is -0.568. The lowest BCUT2D eigenvalue weighted by atomic mass is 9.72. The number of dihydropyridines is 1. The van der Waals surface area contributed by atoms with Crippen molar-refractivity contribution in [1.82, 2.24) is 5.32 Å². The average Bonchev–Trinajstić information content (AvgIpc) is 3.56. The summed E-state index contributed by atoms with van der Waals surface area (Å²) >= 11 is 1.66. The summed E-state index contributed by atoms with van der Waals surface area (Å²) in [7, 11) is 0. The smallest absolute Gasteiger partial charge is 0.336 e. The van der Waals surface area contributed by atoms with E-state index < -0.39 is 17.9 Å². The van der Waals surface area contributed by atoms with Gasteiger partial charge in [0.05, 0.1) is 11.7 Å². The van der Waals surface area contributed by atoms with E-state index in [2.05, 4.69) is 11.4 Å². The summed E-state index contributed by atoms with van der Waals surface area (Å²) in [4.78, 5) is 39.6. The van der Waals surface area contributed by atoms with Gasteiger partial charge >= 0.3 is 11.9 Å². The normalized spacial score (nSPS) is 23.8. The molecule has 1 N–H and O–H groups in total. The Morgan fingerprint density at radius 3 is 2.64 bits per heavy atom. The van der Waals surface area contributed by atoms with Gasteiger partial charge in [0, 0.05) is 53.6 Å². The largest absolute Gasteiger partial charge is 0.459 e. The fourth-order valence-electron chi connectivity index (χ4n) is 5.28. The van der Waals surface area contributed by atoms with Crippen molar-refractivity contribution in [3.63, 3.8) is 0 Å². The van der Waals surface area contributed by atoms with Crippen LogP contribution in [-0.4, -0.2) is 37.0 Å². The predicted molar refractivity (Wildman–Crippen MR) is 135 cm³/mol. The number of rotatable bonds is 6. The Bertz CT molecular complexity index is 1220. The second-order valence-electron chi connectivity index (χ2n) is 9.43. The van der Waals surface area contributed by atoms with Gasteiger partial charge in [0.1, 0.15) is 12.4 Å². The topological polar surface area (TPSA) is 90.9 Å². The van der Waals surface area contributed by atoms with Gasteiger partial charge in [0.15, 0.2) is 5.78 Å². The van der Waals surface area contributed by atoms with E-state index in [9.17, 15) is 14.4 Å². The summed E-state index contributed by atoms with van der Waals surface area (Å²) in [6.45, 7) is 4.07. The number of allylic oxidation sites excluding steroid dienone is 3. The number of benzene rings is 1. The van der Waals surface area contributed by atoms with Gasteiger partial charge < -0.3 is 19.5 Å². The minimum absolute atomic E-state index is 0.0214. The number of ether oxygens (including phenoxy) is 3.